The van der Waals surface area contributed by atoms with Gasteiger partial charge in [0.25, 0.3) is 15.9 Å². The SMILES string of the molecule is O=C(c1oc2ccccc2c1NS(=O)(=O)c1ccccc1)N1CCOCC1. The molecule has 0 bridgehead atoms. The van der Waals surface area contributed by atoms with E-state index in [0.717, 1.165) is 0 Å². The van der Waals surface area contributed by atoms with E-state index in [-0.39, 0.29) is 22.3 Å². The van der Waals surface area contributed by atoms with E-state index in [1.54, 1.807) is 47.4 Å². The second-order valence-electron chi connectivity index (χ2n) is 6.13. The summed E-state index contributed by atoms with van der Waals surface area (Å²) in [4.78, 5) is 14.7. The number of para-hydroxylation sites is 1. The highest BCUT2D eigenvalue weighted by Gasteiger charge is 2.29. The lowest BCUT2D eigenvalue weighted by Gasteiger charge is -2.26. The second kappa shape index (κ2) is 7.05. The summed E-state index contributed by atoms with van der Waals surface area (Å²) >= 11 is 0. The minimum Gasteiger partial charge on any atom is -0.449 e. The molecule has 7 nitrogen and oxygen atoms in total. The van der Waals surface area contributed by atoms with Crippen molar-refractivity contribution in [3.8, 4) is 0 Å². The number of nitrogens with zero attached hydrogens (tertiary/aromatic N) is 1. The van der Waals surface area contributed by atoms with Gasteiger partial charge in [0.05, 0.1) is 18.1 Å². The lowest BCUT2D eigenvalue weighted by molar-refractivity contribution is 0.0285. The summed E-state index contributed by atoms with van der Waals surface area (Å²) in [6.07, 6.45) is 0. The molecular formula is C19H18N2O5S. The van der Waals surface area contributed by atoms with Crippen molar-refractivity contribution in [1.82, 2.24) is 4.90 Å². The Hall–Kier alpha value is -2.84. The Morgan fingerprint density at radius 3 is 2.37 bits per heavy atom. The van der Waals surface area contributed by atoms with E-state index in [1.807, 2.05) is 0 Å². The molecule has 2 aromatic carbocycles. The summed E-state index contributed by atoms with van der Waals surface area (Å²) in [5.41, 5.74) is 0.603. The molecule has 4 rings (SSSR count). The van der Waals surface area contributed by atoms with E-state index in [1.165, 1.54) is 12.1 Å². The summed E-state index contributed by atoms with van der Waals surface area (Å²) < 4.78 is 39.2. The highest BCUT2D eigenvalue weighted by Crippen LogP contribution is 2.33. The van der Waals surface area contributed by atoms with Crippen LogP contribution >= 0.6 is 0 Å². The summed E-state index contributed by atoms with van der Waals surface area (Å²) in [5, 5.41) is 0.536. The molecule has 3 aromatic rings. The lowest BCUT2D eigenvalue weighted by atomic mass is 10.2. The van der Waals surface area contributed by atoms with Gasteiger partial charge in [0, 0.05) is 18.5 Å². The number of carbonyl (C=O) groups excluding carboxylic acids is 1. The van der Waals surface area contributed by atoms with E-state index in [9.17, 15) is 13.2 Å². The molecule has 140 valence electrons. The molecule has 1 aromatic heterocycles. The van der Waals surface area contributed by atoms with E-state index in [0.29, 0.717) is 37.3 Å². The molecule has 0 saturated carbocycles. The van der Waals surface area contributed by atoms with Crippen molar-refractivity contribution in [1.29, 1.82) is 0 Å². The van der Waals surface area contributed by atoms with E-state index >= 15 is 0 Å². The van der Waals surface area contributed by atoms with Crippen LogP contribution in [0.5, 0.6) is 0 Å². The van der Waals surface area contributed by atoms with Crippen LogP contribution in [-0.2, 0) is 14.8 Å². The maximum Gasteiger partial charge on any atom is 0.291 e. The normalized spacial score (nSPS) is 15.0. The van der Waals surface area contributed by atoms with Gasteiger partial charge in [0.1, 0.15) is 11.3 Å². The third kappa shape index (κ3) is 3.41. The van der Waals surface area contributed by atoms with E-state index in [4.69, 9.17) is 9.15 Å². The van der Waals surface area contributed by atoms with Crippen LogP contribution in [0.2, 0.25) is 0 Å². The zero-order valence-electron chi connectivity index (χ0n) is 14.4. The van der Waals surface area contributed by atoms with Gasteiger partial charge in [0.15, 0.2) is 0 Å². The number of ether oxygens (including phenoxy) is 1. The molecule has 1 N–H and O–H groups in total. The van der Waals surface area contributed by atoms with Crippen molar-refractivity contribution in [2.24, 2.45) is 0 Å². The number of carbonyl (C=O) groups is 1. The van der Waals surface area contributed by atoms with Crippen molar-refractivity contribution in [2.45, 2.75) is 4.90 Å². The molecule has 1 saturated heterocycles. The molecule has 1 aliphatic heterocycles. The van der Waals surface area contributed by atoms with Gasteiger partial charge in [-0.25, -0.2) is 8.42 Å². The monoisotopic (exact) mass is 386 g/mol. The van der Waals surface area contributed by atoms with Crippen LogP contribution < -0.4 is 4.72 Å². The fourth-order valence-electron chi connectivity index (χ4n) is 3.00. The fraction of sp³-hybridized carbons (Fsp3) is 0.211. The molecule has 0 atom stereocenters. The molecule has 0 unspecified atom stereocenters. The first-order chi connectivity index (χ1) is 13.1. The first-order valence-corrected chi connectivity index (χ1v) is 10.0. The second-order valence-corrected chi connectivity index (χ2v) is 7.81. The number of sulfonamides is 1. The highest BCUT2D eigenvalue weighted by molar-refractivity contribution is 7.92. The van der Waals surface area contributed by atoms with Crippen LogP contribution in [0.1, 0.15) is 10.6 Å². The number of anilines is 1. The maximum atomic E-state index is 13.0. The molecule has 2 heterocycles. The Bertz CT molecular complexity index is 1070. The molecule has 1 amide bonds. The van der Waals surface area contributed by atoms with Gasteiger partial charge in [0.2, 0.25) is 5.76 Å². The van der Waals surface area contributed by atoms with Gasteiger partial charge in [-0.15, -0.1) is 0 Å². The zero-order valence-corrected chi connectivity index (χ0v) is 15.2. The quantitative estimate of drug-likeness (QED) is 0.745. The van der Waals surface area contributed by atoms with Crippen LogP contribution in [0.15, 0.2) is 63.9 Å². The number of nitrogens with one attached hydrogen (secondary N) is 1. The average molecular weight is 386 g/mol. The van der Waals surface area contributed by atoms with E-state index < -0.39 is 10.0 Å². The molecule has 0 aliphatic carbocycles. The average Bonchev–Trinajstić information content (AvgIpc) is 3.07. The molecule has 0 radical (unpaired) electrons. The number of fused-ring (bicyclic) bond motifs is 1. The van der Waals surface area contributed by atoms with Crippen LogP contribution in [0.4, 0.5) is 5.69 Å². The van der Waals surface area contributed by atoms with Crippen LogP contribution in [0, 0.1) is 0 Å². The Morgan fingerprint density at radius 1 is 0.963 bits per heavy atom. The predicted octanol–water partition coefficient (Wildman–Crippen LogP) is 2.71. The summed E-state index contributed by atoms with van der Waals surface area (Å²) in [6.45, 7) is 1.75. The lowest BCUT2D eigenvalue weighted by Crippen LogP contribution is -2.40. The van der Waals surface area contributed by atoms with Crippen molar-refractivity contribution < 1.29 is 22.4 Å². The Morgan fingerprint density at radius 2 is 1.63 bits per heavy atom. The number of amides is 1. The number of hydrogen-bond acceptors (Lipinski definition) is 5. The number of furan rings is 1. The smallest absolute Gasteiger partial charge is 0.291 e. The largest absolute Gasteiger partial charge is 0.449 e. The van der Waals surface area contributed by atoms with Gasteiger partial charge < -0.3 is 14.1 Å². The van der Waals surface area contributed by atoms with Crippen molar-refractivity contribution in [3.05, 3.63) is 60.4 Å². The Labute approximate surface area is 156 Å². The van der Waals surface area contributed by atoms with Crippen LogP contribution in [0.25, 0.3) is 11.0 Å². The molecule has 27 heavy (non-hydrogen) atoms. The Balaban J connectivity index is 1.78. The third-order valence-electron chi connectivity index (χ3n) is 4.38. The van der Waals surface area contributed by atoms with Crippen molar-refractivity contribution in [3.63, 3.8) is 0 Å². The highest BCUT2D eigenvalue weighted by atomic mass is 32.2. The molecular weight excluding hydrogens is 368 g/mol. The van der Waals surface area contributed by atoms with E-state index in [2.05, 4.69) is 4.72 Å². The molecule has 0 spiro atoms. The van der Waals surface area contributed by atoms with Gasteiger partial charge >= 0.3 is 0 Å². The predicted molar refractivity (Wildman–Crippen MR) is 100 cm³/mol. The van der Waals surface area contributed by atoms with Gasteiger partial charge in [-0.3, -0.25) is 9.52 Å². The number of benzene rings is 2. The third-order valence-corrected chi connectivity index (χ3v) is 5.74. The topological polar surface area (TPSA) is 88.8 Å². The van der Waals surface area contributed by atoms with Gasteiger partial charge in [-0.1, -0.05) is 30.3 Å². The number of morpholine rings is 1. The molecule has 1 aliphatic rings. The van der Waals surface area contributed by atoms with Crippen LogP contribution in [0.3, 0.4) is 0 Å². The fourth-order valence-corrected chi connectivity index (χ4v) is 4.11. The zero-order chi connectivity index (χ0) is 18.9. The summed E-state index contributed by atoms with van der Waals surface area (Å²) in [6, 6.07) is 15.0. The van der Waals surface area contributed by atoms with Gasteiger partial charge in [-0.2, -0.15) is 0 Å². The van der Waals surface area contributed by atoms with Crippen molar-refractivity contribution >= 4 is 32.6 Å². The summed E-state index contributed by atoms with van der Waals surface area (Å²) in [5.74, 6) is -0.377. The standard InChI is InChI=1S/C19H18N2O5S/c22-19(21-10-12-25-13-11-21)18-17(15-8-4-5-9-16(15)26-18)20-27(23,24)14-6-2-1-3-7-14/h1-9,20H,10-13H2. The summed E-state index contributed by atoms with van der Waals surface area (Å²) in [7, 11) is -3.87. The van der Waals surface area contributed by atoms with Crippen molar-refractivity contribution in [2.75, 3.05) is 31.0 Å². The number of rotatable bonds is 4. The Kier molecular flexibility index (Phi) is 4.59. The first kappa shape index (κ1) is 17.6. The molecule has 8 heteroatoms. The maximum absolute atomic E-state index is 13.0. The first-order valence-electron chi connectivity index (χ1n) is 8.53. The van der Waals surface area contributed by atoms with Gasteiger partial charge in [-0.05, 0) is 24.3 Å². The van der Waals surface area contributed by atoms with Crippen LogP contribution in [-0.4, -0.2) is 45.5 Å². The minimum atomic E-state index is -3.87. The molecule has 1 fully saturated rings. The number of hydrogen-bond donors (Lipinski definition) is 1. The minimum absolute atomic E-state index is 0.0161.